The molecule has 9 heteroatoms. The number of benzene rings is 2. The molecule has 2 aromatic carbocycles. The van der Waals surface area contributed by atoms with Gasteiger partial charge in [-0.1, -0.05) is 23.7 Å². The van der Waals surface area contributed by atoms with E-state index in [1.807, 2.05) is 36.4 Å². The van der Waals surface area contributed by atoms with E-state index in [0.29, 0.717) is 5.02 Å². The van der Waals surface area contributed by atoms with Crippen molar-refractivity contribution < 1.29 is 23.9 Å². The van der Waals surface area contributed by atoms with Crippen LogP contribution in [0.2, 0.25) is 5.02 Å². The van der Waals surface area contributed by atoms with Gasteiger partial charge in [-0.3, -0.25) is 14.4 Å². The Bertz CT molecular complexity index is 990. The monoisotopic (exact) mass is 487 g/mol. The molecule has 0 bridgehead atoms. The lowest BCUT2D eigenvalue weighted by molar-refractivity contribution is -0.149. The predicted octanol–water partition coefficient (Wildman–Crippen LogP) is 3.18. The Kier molecular flexibility index (Phi) is 9.30. The minimum atomic E-state index is -0.719. The van der Waals surface area contributed by atoms with Gasteiger partial charge in [0.1, 0.15) is 6.04 Å². The first-order valence-electron chi connectivity index (χ1n) is 11.2. The molecule has 3 rings (SSSR count). The van der Waals surface area contributed by atoms with E-state index in [0.717, 1.165) is 42.9 Å². The fourth-order valence-corrected chi connectivity index (χ4v) is 4.20. The molecule has 8 nitrogen and oxygen atoms in total. The Labute approximate surface area is 204 Å². The van der Waals surface area contributed by atoms with Gasteiger partial charge in [-0.25, -0.2) is 0 Å². The van der Waals surface area contributed by atoms with Gasteiger partial charge in [0.2, 0.25) is 5.91 Å². The molecule has 1 atom stereocenters. The van der Waals surface area contributed by atoms with Crippen LogP contribution in [0, 0.1) is 0 Å². The summed E-state index contributed by atoms with van der Waals surface area (Å²) >= 11 is 5.98. The van der Waals surface area contributed by atoms with Crippen molar-refractivity contribution in [3.05, 3.63) is 59.1 Å². The lowest BCUT2D eigenvalue weighted by Gasteiger charge is -2.35. The second kappa shape index (κ2) is 12.4. The van der Waals surface area contributed by atoms with Crippen molar-refractivity contribution in [2.75, 3.05) is 37.5 Å². The van der Waals surface area contributed by atoms with Gasteiger partial charge in [0, 0.05) is 35.5 Å². The molecule has 0 saturated carbocycles. The van der Waals surface area contributed by atoms with Crippen molar-refractivity contribution in [1.82, 2.24) is 5.32 Å². The number of ether oxygens (including phenoxy) is 2. The number of amides is 1. The van der Waals surface area contributed by atoms with Crippen LogP contribution in [-0.2, 0) is 30.3 Å². The van der Waals surface area contributed by atoms with Gasteiger partial charge < -0.3 is 25.0 Å². The topological polar surface area (TPSA) is 97.0 Å². The minimum Gasteiger partial charge on any atom is -0.469 e. The lowest BCUT2D eigenvalue weighted by Crippen LogP contribution is -2.50. The maximum Gasteiger partial charge on any atom is 0.323 e. The number of hydrogen-bond donors (Lipinski definition) is 2. The average Bonchev–Trinajstić information content (AvgIpc) is 2.84. The van der Waals surface area contributed by atoms with E-state index in [2.05, 4.69) is 20.3 Å². The summed E-state index contributed by atoms with van der Waals surface area (Å²) in [5.74, 6) is -1.03. The summed E-state index contributed by atoms with van der Waals surface area (Å²) in [5.41, 5.74) is 2.65. The van der Waals surface area contributed by atoms with Crippen LogP contribution in [0.5, 0.6) is 0 Å². The smallest absolute Gasteiger partial charge is 0.323 e. The average molecular weight is 488 g/mol. The summed E-state index contributed by atoms with van der Waals surface area (Å²) in [7, 11) is 2.60. The molecule has 1 aliphatic rings. The molecule has 1 aliphatic heterocycles. The molecule has 0 spiro atoms. The molecule has 1 heterocycles. The highest BCUT2D eigenvalue weighted by Crippen LogP contribution is 2.23. The number of nitrogens with one attached hydrogen (secondary N) is 2. The normalized spacial score (nSPS) is 14.9. The highest BCUT2D eigenvalue weighted by Gasteiger charge is 2.28. The summed E-state index contributed by atoms with van der Waals surface area (Å²) in [6.45, 7) is 1.59. The van der Waals surface area contributed by atoms with Crippen molar-refractivity contribution in [3.8, 4) is 0 Å². The molecular weight excluding hydrogens is 458 g/mol. The molecule has 1 saturated heterocycles. The molecule has 34 heavy (non-hydrogen) atoms. The van der Waals surface area contributed by atoms with Crippen molar-refractivity contribution in [1.29, 1.82) is 0 Å². The van der Waals surface area contributed by atoms with Crippen LogP contribution >= 0.6 is 11.6 Å². The first kappa shape index (κ1) is 25.5. The third-order valence-corrected chi connectivity index (χ3v) is 6.02. The quantitative estimate of drug-likeness (QED) is 0.524. The summed E-state index contributed by atoms with van der Waals surface area (Å²) < 4.78 is 9.49. The molecule has 2 aromatic rings. The molecule has 0 aliphatic carbocycles. The maximum absolute atomic E-state index is 12.3. The summed E-state index contributed by atoms with van der Waals surface area (Å²) in [6.07, 6.45) is 1.82. The third-order valence-electron chi connectivity index (χ3n) is 5.79. The van der Waals surface area contributed by atoms with Gasteiger partial charge in [-0.2, -0.15) is 0 Å². The number of carbonyl (C=O) groups is 3. The number of anilines is 2. The fourth-order valence-electron chi connectivity index (χ4n) is 3.98. The highest BCUT2D eigenvalue weighted by molar-refractivity contribution is 6.30. The Morgan fingerprint density at radius 2 is 1.76 bits per heavy atom. The van der Waals surface area contributed by atoms with Crippen LogP contribution in [0.1, 0.15) is 24.8 Å². The van der Waals surface area contributed by atoms with E-state index in [1.54, 1.807) is 12.1 Å². The van der Waals surface area contributed by atoms with Crippen molar-refractivity contribution in [3.63, 3.8) is 0 Å². The Balaban J connectivity index is 1.49. The van der Waals surface area contributed by atoms with Crippen LogP contribution in [0.25, 0.3) is 0 Å². The number of hydrogen-bond acceptors (Lipinski definition) is 7. The van der Waals surface area contributed by atoms with E-state index >= 15 is 0 Å². The molecule has 1 amide bonds. The zero-order valence-electron chi connectivity index (χ0n) is 19.4. The SMILES string of the molecule is COC(=O)CC(NC1CCN(c2ccc(NC(=O)Cc3cccc(Cl)c3)cc2)CC1)C(=O)OC. The maximum atomic E-state index is 12.3. The number of piperidine rings is 1. The van der Waals surface area contributed by atoms with Crippen LogP contribution in [0.4, 0.5) is 11.4 Å². The number of esters is 2. The summed E-state index contributed by atoms with van der Waals surface area (Å²) in [5, 5.41) is 6.76. The first-order valence-corrected chi connectivity index (χ1v) is 11.6. The predicted molar refractivity (Wildman–Crippen MR) is 131 cm³/mol. The molecule has 2 N–H and O–H groups in total. The van der Waals surface area contributed by atoms with E-state index in [-0.39, 0.29) is 24.8 Å². The number of methoxy groups -OCH3 is 2. The van der Waals surface area contributed by atoms with Gasteiger partial charge in [0.05, 0.1) is 27.1 Å². The van der Waals surface area contributed by atoms with E-state index in [1.165, 1.54) is 14.2 Å². The van der Waals surface area contributed by atoms with E-state index in [4.69, 9.17) is 16.3 Å². The number of rotatable bonds is 9. The van der Waals surface area contributed by atoms with E-state index in [9.17, 15) is 14.4 Å². The molecule has 182 valence electrons. The standard InChI is InChI=1S/C25H30ClN3O5/c1-33-24(31)16-22(25(32)34-2)27-20-10-12-29(13-11-20)21-8-6-19(7-9-21)28-23(30)15-17-4-3-5-18(26)14-17/h3-9,14,20,22,27H,10-13,15-16H2,1-2H3,(H,28,30). The molecular formula is C25H30ClN3O5. The van der Waals surface area contributed by atoms with Crippen molar-refractivity contribution >= 4 is 40.8 Å². The molecule has 1 fully saturated rings. The van der Waals surface area contributed by atoms with Crippen LogP contribution in [0.15, 0.2) is 48.5 Å². The van der Waals surface area contributed by atoms with Crippen molar-refractivity contribution in [2.45, 2.75) is 37.8 Å². The fraction of sp³-hybridized carbons (Fsp3) is 0.400. The third kappa shape index (κ3) is 7.46. The Morgan fingerprint density at radius 3 is 2.38 bits per heavy atom. The first-order chi connectivity index (χ1) is 16.4. The zero-order chi connectivity index (χ0) is 24.5. The summed E-state index contributed by atoms with van der Waals surface area (Å²) in [4.78, 5) is 38.2. The second-order valence-corrected chi connectivity index (χ2v) is 8.62. The van der Waals surface area contributed by atoms with Gasteiger partial charge in [-0.05, 0) is 54.8 Å². The van der Waals surface area contributed by atoms with Crippen molar-refractivity contribution in [2.24, 2.45) is 0 Å². The molecule has 0 radical (unpaired) electrons. The molecule has 1 unspecified atom stereocenters. The summed E-state index contributed by atoms with van der Waals surface area (Å²) in [6, 6.07) is 14.4. The number of halogens is 1. The highest BCUT2D eigenvalue weighted by atomic mass is 35.5. The van der Waals surface area contributed by atoms with Crippen LogP contribution in [0.3, 0.4) is 0 Å². The Morgan fingerprint density at radius 1 is 1.06 bits per heavy atom. The van der Waals surface area contributed by atoms with Gasteiger partial charge in [0.25, 0.3) is 0 Å². The van der Waals surface area contributed by atoms with E-state index < -0.39 is 18.0 Å². The second-order valence-electron chi connectivity index (χ2n) is 8.19. The zero-order valence-corrected chi connectivity index (χ0v) is 20.1. The van der Waals surface area contributed by atoms with Gasteiger partial charge in [0.15, 0.2) is 0 Å². The largest absolute Gasteiger partial charge is 0.469 e. The van der Waals surface area contributed by atoms with Crippen LogP contribution in [-0.4, -0.2) is 57.2 Å². The van der Waals surface area contributed by atoms with Gasteiger partial charge in [-0.15, -0.1) is 0 Å². The number of carbonyl (C=O) groups excluding carboxylic acids is 3. The minimum absolute atomic E-state index is 0.0616. The lowest BCUT2D eigenvalue weighted by atomic mass is 10.0. The van der Waals surface area contributed by atoms with Gasteiger partial charge >= 0.3 is 11.9 Å². The Hall–Kier alpha value is -3.10. The molecule has 0 aromatic heterocycles. The van der Waals surface area contributed by atoms with Crippen LogP contribution < -0.4 is 15.5 Å². The number of nitrogens with zero attached hydrogens (tertiary/aromatic N) is 1.